The molecule has 0 saturated carbocycles. The summed E-state index contributed by atoms with van der Waals surface area (Å²) in [4.78, 5) is 3.78. The van der Waals surface area contributed by atoms with Crippen molar-refractivity contribution in [2.75, 3.05) is 0 Å². The van der Waals surface area contributed by atoms with Gasteiger partial charge in [-0.05, 0) is 17.5 Å². The van der Waals surface area contributed by atoms with E-state index in [4.69, 9.17) is 0 Å². The molecule has 1 aliphatic rings. The Kier molecular flexibility index (Phi) is 12.8. The third-order valence-corrected chi connectivity index (χ3v) is 5.13. The molecule has 1 aliphatic carbocycles. The zero-order valence-corrected chi connectivity index (χ0v) is 21.8. The van der Waals surface area contributed by atoms with E-state index < -0.39 is 9.57 Å². The van der Waals surface area contributed by atoms with Gasteiger partial charge in [0, 0.05) is 0 Å². The summed E-state index contributed by atoms with van der Waals surface area (Å²) < 4.78 is 9.86. The van der Waals surface area contributed by atoms with Crippen molar-refractivity contribution >= 4 is 9.57 Å². The molecule has 0 saturated heterocycles. The van der Waals surface area contributed by atoms with Crippen molar-refractivity contribution in [3.63, 3.8) is 0 Å². The van der Waals surface area contributed by atoms with Crippen molar-refractivity contribution in [3.8, 4) is 22.3 Å². The molecule has 0 radical (unpaired) electrons. The summed E-state index contributed by atoms with van der Waals surface area (Å²) in [6.45, 7) is 9.79. The first kappa shape index (κ1) is 28.3. The van der Waals surface area contributed by atoms with Crippen LogP contribution < -0.4 is 0 Å². The number of hydrogen-bond acceptors (Lipinski definition) is 1. The van der Waals surface area contributed by atoms with E-state index in [1.165, 1.54) is 33.4 Å². The van der Waals surface area contributed by atoms with Gasteiger partial charge in [0.25, 0.3) is 0 Å². The van der Waals surface area contributed by atoms with E-state index in [-0.39, 0.29) is 34.7 Å². The Balaban J connectivity index is 0.000000605. The average molecular weight is 452 g/mol. The second kappa shape index (κ2) is 13.6. The third-order valence-electron chi connectivity index (χ3n) is 4.25. The fraction of sp³-hybridized carbons (Fsp3) is 0.269. The number of hydrogen-bond donors (Lipinski definition) is 0. The first-order valence-electron chi connectivity index (χ1n) is 9.73. The van der Waals surface area contributed by atoms with Crippen LogP contribution in [0.25, 0.3) is 27.2 Å². The van der Waals surface area contributed by atoms with Crippen molar-refractivity contribution in [1.29, 1.82) is 0 Å². The molecule has 3 aromatic rings. The number of benzene rings is 2. The maximum absolute atomic E-state index is 9.86. The number of nitrogens with zero attached hydrogens (tertiary/aromatic N) is 1. The van der Waals surface area contributed by atoms with Gasteiger partial charge in [-0.25, -0.2) is 0 Å². The summed E-state index contributed by atoms with van der Waals surface area (Å²) >= 11 is 0. The van der Waals surface area contributed by atoms with Gasteiger partial charge >= 0.3 is 21.7 Å². The maximum atomic E-state index is 9.86. The quantitative estimate of drug-likeness (QED) is 0.223. The molecular formula is C26H33NOSiTi. The molecule has 3 aromatic carbocycles. The molecule has 0 fully saturated rings. The first-order chi connectivity index (χ1) is 13.4. The summed E-state index contributed by atoms with van der Waals surface area (Å²) in [7, 11) is -0.916. The predicted octanol–water partition coefficient (Wildman–Crippen LogP) is 7.18. The third kappa shape index (κ3) is 7.87. The standard InChI is InChI=1S/C18H13.C4H10NOSi.C3H7.CH3.Ti/c1-3-8-15-13(6-1)12-14-7-2-4-9-16(14)18-11-5-10-17(15)18;1-4(2,3)5-7-6;1-3-2;;/h1-11H,12H2;7H,1-3H3;3H,1-2H3;1H3;/q4*-1;+4. The van der Waals surface area contributed by atoms with E-state index >= 15 is 0 Å². The molecule has 0 aliphatic heterocycles. The van der Waals surface area contributed by atoms with Gasteiger partial charge < -0.3 is 23.3 Å². The minimum atomic E-state index is -0.916. The molecule has 0 N–H and O–H groups in total. The Morgan fingerprint density at radius 2 is 1.27 bits per heavy atom. The fourth-order valence-corrected chi connectivity index (χ4v) is 3.44. The van der Waals surface area contributed by atoms with Crippen LogP contribution in [0.1, 0.15) is 45.7 Å². The van der Waals surface area contributed by atoms with Crippen LogP contribution in [0, 0.1) is 13.8 Å². The Hall–Kier alpha value is -1.68. The molecule has 0 bridgehead atoms. The van der Waals surface area contributed by atoms with Crippen molar-refractivity contribution in [1.82, 2.24) is 0 Å². The molecule has 0 atom stereocenters. The van der Waals surface area contributed by atoms with Crippen molar-refractivity contribution in [3.05, 3.63) is 96.7 Å². The molecule has 2 nitrogen and oxygen atoms in total. The summed E-state index contributed by atoms with van der Waals surface area (Å²) in [5.74, 6) is 0. The van der Waals surface area contributed by atoms with Gasteiger partial charge in [-0.1, -0.05) is 80.4 Å². The Labute approximate surface area is 200 Å². The smallest absolute Gasteiger partial charge is 0.665 e. The average Bonchev–Trinajstić information content (AvgIpc) is 3.08. The van der Waals surface area contributed by atoms with E-state index in [0.29, 0.717) is 0 Å². The zero-order valence-electron chi connectivity index (χ0n) is 19.1. The molecule has 4 heteroatoms. The van der Waals surface area contributed by atoms with Crippen LogP contribution in [-0.2, 0) is 32.6 Å². The van der Waals surface area contributed by atoms with Crippen LogP contribution in [0.15, 0.2) is 66.7 Å². The Bertz CT molecular complexity index is 836. The fourth-order valence-electron chi connectivity index (χ4n) is 3.13. The second-order valence-electron chi connectivity index (χ2n) is 7.83. The maximum Gasteiger partial charge on any atom is 4.00 e. The second-order valence-corrected chi connectivity index (χ2v) is 8.30. The molecular weight excluding hydrogens is 418 g/mol. The van der Waals surface area contributed by atoms with E-state index in [2.05, 4.69) is 71.7 Å². The molecule has 0 amide bonds. The first-order valence-corrected chi connectivity index (χ1v) is 10.7. The normalized spacial score (nSPS) is 10.4. The van der Waals surface area contributed by atoms with Gasteiger partial charge in [0.05, 0.1) is 0 Å². The minimum Gasteiger partial charge on any atom is -0.665 e. The molecule has 0 aromatic heterocycles. The van der Waals surface area contributed by atoms with Gasteiger partial charge in [-0.2, -0.15) is 43.2 Å². The molecule has 0 unspecified atom stereocenters. The van der Waals surface area contributed by atoms with Crippen LogP contribution in [0.3, 0.4) is 0 Å². The van der Waals surface area contributed by atoms with E-state index in [9.17, 15) is 4.46 Å². The van der Waals surface area contributed by atoms with Gasteiger partial charge in [0.1, 0.15) is 0 Å². The molecule has 156 valence electrons. The van der Waals surface area contributed by atoms with E-state index in [1.54, 1.807) is 0 Å². The summed E-state index contributed by atoms with van der Waals surface area (Å²) in [5, 5.41) is 0. The van der Waals surface area contributed by atoms with Gasteiger partial charge in [0.15, 0.2) is 9.57 Å². The number of rotatable bonds is 1. The van der Waals surface area contributed by atoms with Crippen LogP contribution in [0.2, 0.25) is 0 Å². The van der Waals surface area contributed by atoms with Gasteiger partial charge in [-0.15, -0.1) is 5.54 Å². The van der Waals surface area contributed by atoms with Crippen LogP contribution in [0.4, 0.5) is 0 Å². The van der Waals surface area contributed by atoms with Gasteiger partial charge in [0.2, 0.25) is 0 Å². The van der Waals surface area contributed by atoms with Crippen molar-refractivity contribution < 1.29 is 26.2 Å². The van der Waals surface area contributed by atoms with E-state index in [0.717, 1.165) is 6.42 Å². The molecule has 4 rings (SSSR count). The van der Waals surface area contributed by atoms with Crippen molar-refractivity contribution in [2.45, 2.75) is 46.6 Å². The van der Waals surface area contributed by atoms with Gasteiger partial charge in [-0.3, -0.25) is 0 Å². The van der Waals surface area contributed by atoms with Crippen molar-refractivity contribution in [2.24, 2.45) is 0 Å². The predicted molar refractivity (Wildman–Crippen MR) is 129 cm³/mol. The molecule has 0 spiro atoms. The molecule has 0 heterocycles. The van der Waals surface area contributed by atoms with Crippen LogP contribution in [0.5, 0.6) is 0 Å². The van der Waals surface area contributed by atoms with E-state index in [1.807, 2.05) is 41.0 Å². The number of fused-ring (bicyclic) bond motifs is 5. The Morgan fingerprint density at radius 1 is 0.867 bits per heavy atom. The Morgan fingerprint density at radius 3 is 1.60 bits per heavy atom. The monoisotopic (exact) mass is 451 g/mol. The summed E-state index contributed by atoms with van der Waals surface area (Å²) in [5.41, 5.74) is 8.26. The summed E-state index contributed by atoms with van der Waals surface area (Å²) in [6, 6.07) is 24.1. The topological polar surface area (TPSA) is 31.2 Å². The zero-order chi connectivity index (χ0) is 20.6. The largest absolute Gasteiger partial charge is 4.00 e. The minimum absolute atomic E-state index is 0. The SMILES string of the molecule is CC(C)(C)[N-][SiH]=O.C[CH-]C.[CH3-].[Ti+4].c1ccc2c(c1)Cc1ccccc1-c1c[cH-]cc1-2. The summed E-state index contributed by atoms with van der Waals surface area (Å²) in [6.07, 6.45) is 3.03. The molecule has 30 heavy (non-hydrogen) atoms. The van der Waals surface area contributed by atoms with Crippen LogP contribution in [-0.4, -0.2) is 15.1 Å². The van der Waals surface area contributed by atoms with Crippen LogP contribution >= 0.6 is 0 Å².